The molecule has 0 unspecified atom stereocenters. The topological polar surface area (TPSA) is 105 Å². The zero-order valence-corrected chi connectivity index (χ0v) is 18.3. The van der Waals surface area contributed by atoms with E-state index in [1.54, 1.807) is 60.7 Å². The Morgan fingerprint density at radius 1 is 0.788 bits per heavy atom. The van der Waals surface area contributed by atoms with Gasteiger partial charge in [0, 0.05) is 28.9 Å². The number of carbonyl (C=O) groups is 3. The molecule has 0 aliphatic heterocycles. The molecular weight excluding hydrogens is 418 g/mol. The van der Waals surface area contributed by atoms with E-state index in [4.69, 9.17) is 0 Å². The van der Waals surface area contributed by atoms with Crippen LogP contribution in [0.15, 0.2) is 72.8 Å². The quantitative estimate of drug-likeness (QED) is 0.411. The molecule has 3 amide bonds. The third-order valence-corrected chi connectivity index (χ3v) is 5.25. The van der Waals surface area contributed by atoms with Gasteiger partial charge in [0.25, 0.3) is 17.7 Å². The number of aryl methyl sites for hydroxylation is 2. The van der Waals surface area contributed by atoms with Crippen molar-refractivity contribution in [2.75, 3.05) is 5.32 Å². The second kappa shape index (κ2) is 9.35. The number of benzene rings is 3. The van der Waals surface area contributed by atoms with E-state index in [1.807, 2.05) is 26.0 Å². The fraction of sp³-hybridized carbons (Fsp3) is 0.120. The van der Waals surface area contributed by atoms with Crippen LogP contribution in [0.2, 0.25) is 0 Å². The minimum atomic E-state index is -0.475. The van der Waals surface area contributed by atoms with Crippen LogP contribution in [0, 0.1) is 6.92 Å². The lowest BCUT2D eigenvalue weighted by atomic mass is 10.1. The third kappa shape index (κ3) is 4.74. The first kappa shape index (κ1) is 21.8. The molecule has 8 nitrogen and oxygen atoms in total. The molecule has 8 heteroatoms. The highest BCUT2D eigenvalue weighted by Gasteiger charge is 2.13. The lowest BCUT2D eigenvalue weighted by Crippen LogP contribution is -2.41. The van der Waals surface area contributed by atoms with Crippen LogP contribution < -0.4 is 16.2 Å². The zero-order valence-electron chi connectivity index (χ0n) is 18.3. The van der Waals surface area contributed by atoms with Crippen LogP contribution in [0.1, 0.15) is 43.8 Å². The minimum Gasteiger partial charge on any atom is -0.329 e. The molecule has 0 atom stereocenters. The van der Waals surface area contributed by atoms with Gasteiger partial charge in [0.15, 0.2) is 0 Å². The van der Waals surface area contributed by atoms with Gasteiger partial charge in [-0.3, -0.25) is 25.2 Å². The van der Waals surface area contributed by atoms with Crippen LogP contribution in [0.3, 0.4) is 0 Å². The van der Waals surface area contributed by atoms with E-state index >= 15 is 0 Å². The summed E-state index contributed by atoms with van der Waals surface area (Å²) in [5.41, 5.74) is 8.33. The Balaban J connectivity index is 1.36. The zero-order chi connectivity index (χ0) is 23.4. The number of hydrogen-bond acceptors (Lipinski definition) is 4. The van der Waals surface area contributed by atoms with Gasteiger partial charge < -0.3 is 9.88 Å². The first-order valence-corrected chi connectivity index (χ1v) is 10.5. The van der Waals surface area contributed by atoms with Crippen molar-refractivity contribution in [1.29, 1.82) is 0 Å². The second-order valence-corrected chi connectivity index (χ2v) is 7.41. The molecule has 0 aliphatic rings. The van der Waals surface area contributed by atoms with Gasteiger partial charge >= 0.3 is 0 Å². The summed E-state index contributed by atoms with van der Waals surface area (Å²) in [6.07, 6.45) is 0. The molecule has 0 fully saturated rings. The van der Waals surface area contributed by atoms with Gasteiger partial charge in [-0.25, -0.2) is 4.98 Å². The number of amides is 3. The first-order chi connectivity index (χ1) is 16.0. The van der Waals surface area contributed by atoms with Gasteiger partial charge in [0.05, 0.1) is 11.0 Å². The summed E-state index contributed by atoms with van der Waals surface area (Å²) in [7, 11) is 0. The van der Waals surface area contributed by atoms with Crippen LogP contribution in [-0.4, -0.2) is 27.3 Å². The van der Waals surface area contributed by atoms with Crippen molar-refractivity contribution < 1.29 is 14.4 Å². The smallest absolute Gasteiger partial charge is 0.269 e. The van der Waals surface area contributed by atoms with Crippen molar-refractivity contribution in [2.24, 2.45) is 0 Å². The van der Waals surface area contributed by atoms with Crippen molar-refractivity contribution in [3.8, 4) is 0 Å². The largest absolute Gasteiger partial charge is 0.329 e. The summed E-state index contributed by atoms with van der Waals surface area (Å²) in [5, 5.41) is 2.77. The van der Waals surface area contributed by atoms with Crippen molar-refractivity contribution >= 4 is 34.4 Å². The van der Waals surface area contributed by atoms with E-state index in [1.165, 1.54) is 0 Å². The van der Waals surface area contributed by atoms with Crippen LogP contribution in [0.25, 0.3) is 11.0 Å². The van der Waals surface area contributed by atoms with Crippen molar-refractivity contribution in [1.82, 2.24) is 20.4 Å². The molecule has 0 saturated carbocycles. The number of nitrogens with one attached hydrogen (secondary N) is 3. The molecule has 0 radical (unpaired) electrons. The first-order valence-electron chi connectivity index (χ1n) is 10.5. The predicted molar refractivity (Wildman–Crippen MR) is 126 cm³/mol. The Labute approximate surface area is 190 Å². The lowest BCUT2D eigenvalue weighted by molar-refractivity contribution is 0.0847. The average Bonchev–Trinajstić information content (AvgIpc) is 3.17. The maximum Gasteiger partial charge on any atom is 0.269 e. The number of carbonyl (C=O) groups excluding carboxylic acids is 3. The predicted octanol–water partition coefficient (Wildman–Crippen LogP) is 3.69. The number of aromatic nitrogens is 2. The summed E-state index contributed by atoms with van der Waals surface area (Å²) >= 11 is 0. The van der Waals surface area contributed by atoms with E-state index in [0.29, 0.717) is 22.4 Å². The Bertz CT molecular complexity index is 1330. The van der Waals surface area contributed by atoms with E-state index in [0.717, 1.165) is 23.4 Å². The molecule has 1 aromatic heterocycles. The molecule has 0 saturated heterocycles. The molecule has 1 heterocycles. The lowest BCUT2D eigenvalue weighted by Gasteiger charge is -2.09. The van der Waals surface area contributed by atoms with E-state index in [2.05, 4.69) is 25.7 Å². The number of imidazole rings is 1. The Morgan fingerprint density at radius 3 is 2.06 bits per heavy atom. The highest BCUT2D eigenvalue weighted by Crippen LogP contribution is 2.18. The van der Waals surface area contributed by atoms with E-state index in [-0.39, 0.29) is 5.91 Å². The summed E-state index contributed by atoms with van der Waals surface area (Å²) in [5.74, 6) is -0.282. The van der Waals surface area contributed by atoms with Crippen LogP contribution >= 0.6 is 0 Å². The minimum absolute atomic E-state index is 0.240. The van der Waals surface area contributed by atoms with Crippen LogP contribution in [-0.2, 0) is 6.54 Å². The third-order valence-electron chi connectivity index (χ3n) is 5.25. The number of anilines is 1. The highest BCUT2D eigenvalue weighted by molar-refractivity contribution is 6.05. The maximum atomic E-state index is 12.5. The van der Waals surface area contributed by atoms with Gasteiger partial charge in [0.2, 0.25) is 0 Å². The molecule has 3 aromatic carbocycles. The van der Waals surface area contributed by atoms with Gasteiger partial charge in [-0.1, -0.05) is 18.2 Å². The normalized spacial score (nSPS) is 10.6. The molecule has 4 rings (SSSR count). The number of fused-ring (bicyclic) bond motifs is 1. The molecule has 0 bridgehead atoms. The molecule has 0 aliphatic carbocycles. The summed E-state index contributed by atoms with van der Waals surface area (Å²) < 4.78 is 2.06. The van der Waals surface area contributed by atoms with E-state index < -0.39 is 11.8 Å². The Morgan fingerprint density at radius 2 is 1.39 bits per heavy atom. The average molecular weight is 441 g/mol. The van der Waals surface area contributed by atoms with Crippen LogP contribution in [0.4, 0.5) is 5.69 Å². The van der Waals surface area contributed by atoms with Crippen LogP contribution in [0.5, 0.6) is 0 Å². The second-order valence-electron chi connectivity index (χ2n) is 7.41. The number of hydrogen-bond donors (Lipinski definition) is 3. The fourth-order valence-electron chi connectivity index (χ4n) is 3.55. The van der Waals surface area contributed by atoms with Crippen molar-refractivity contribution in [3.63, 3.8) is 0 Å². The number of rotatable bonds is 5. The maximum absolute atomic E-state index is 12.5. The molecule has 33 heavy (non-hydrogen) atoms. The summed E-state index contributed by atoms with van der Waals surface area (Å²) in [6.45, 7) is 4.74. The molecule has 4 aromatic rings. The van der Waals surface area contributed by atoms with Crippen molar-refractivity contribution in [2.45, 2.75) is 20.4 Å². The van der Waals surface area contributed by atoms with Gasteiger partial charge in [0.1, 0.15) is 5.82 Å². The Hall–Kier alpha value is -4.46. The molecule has 3 N–H and O–H groups in total. The fourth-order valence-corrected chi connectivity index (χ4v) is 3.55. The molecule has 0 spiro atoms. The standard InChI is InChI=1S/C25H23N5O3/c1-3-30-16(2)26-21-15-19(11-14-22(21)30)25(33)29-28-24(32)18-9-12-20(13-10-18)27-23(31)17-7-5-4-6-8-17/h4-15H,3H2,1-2H3,(H,27,31)(H,28,32)(H,29,33). The van der Waals surface area contributed by atoms with Gasteiger partial charge in [-0.05, 0) is 68.4 Å². The highest BCUT2D eigenvalue weighted by atomic mass is 16.2. The van der Waals surface area contributed by atoms with Gasteiger partial charge in [-0.15, -0.1) is 0 Å². The number of hydrazine groups is 1. The summed E-state index contributed by atoms with van der Waals surface area (Å²) in [6, 6.07) is 20.4. The van der Waals surface area contributed by atoms with Gasteiger partial charge in [-0.2, -0.15) is 0 Å². The number of nitrogens with zero attached hydrogens (tertiary/aromatic N) is 2. The summed E-state index contributed by atoms with van der Waals surface area (Å²) in [4.78, 5) is 41.6. The Kier molecular flexibility index (Phi) is 6.17. The monoisotopic (exact) mass is 441 g/mol. The SMILES string of the molecule is CCn1c(C)nc2cc(C(=O)NNC(=O)c3ccc(NC(=O)c4ccccc4)cc3)ccc21. The molecule has 166 valence electrons. The van der Waals surface area contributed by atoms with Crippen molar-refractivity contribution in [3.05, 3.63) is 95.3 Å². The van der Waals surface area contributed by atoms with E-state index in [9.17, 15) is 14.4 Å². The molecular formula is C25H23N5O3.